The minimum atomic E-state index is -1.35. The number of halogens is 1. The first-order valence-corrected chi connectivity index (χ1v) is 6.63. The van der Waals surface area contributed by atoms with Crippen molar-refractivity contribution in [2.24, 2.45) is 0 Å². The summed E-state index contributed by atoms with van der Waals surface area (Å²) in [6.07, 6.45) is 0.829. The molecule has 0 bridgehead atoms. The summed E-state index contributed by atoms with van der Waals surface area (Å²) in [6.45, 7) is 0. The molecule has 5 heteroatoms. The van der Waals surface area contributed by atoms with Gasteiger partial charge in [0.2, 0.25) is 0 Å². The van der Waals surface area contributed by atoms with E-state index in [4.69, 9.17) is 0 Å². The molecule has 0 unspecified atom stereocenters. The van der Waals surface area contributed by atoms with Gasteiger partial charge in [-0.3, -0.25) is 4.79 Å². The monoisotopic (exact) mass is 255 g/mol. The van der Waals surface area contributed by atoms with Crippen molar-refractivity contribution in [3.8, 4) is 0 Å². The number of aliphatic hydroxyl groups is 1. The van der Waals surface area contributed by atoms with Gasteiger partial charge in [-0.15, -0.1) is 0 Å². The maximum atomic E-state index is 13.3. The lowest BCUT2D eigenvalue weighted by Crippen LogP contribution is -2.45. The zero-order valence-electron chi connectivity index (χ0n) is 9.28. The molecular weight excluding hydrogens is 241 g/mol. The molecule has 0 atom stereocenters. The van der Waals surface area contributed by atoms with Gasteiger partial charge in [0, 0.05) is 0 Å². The number of carbonyl (C=O) groups excluding carboxylic acids is 1. The largest absolute Gasteiger partial charge is 0.380 e. The maximum absolute atomic E-state index is 13.3. The summed E-state index contributed by atoms with van der Waals surface area (Å²) in [6, 6.07) is 5.95. The minimum Gasteiger partial charge on any atom is -0.380 e. The highest BCUT2D eigenvalue weighted by Gasteiger charge is 2.37. The van der Waals surface area contributed by atoms with Crippen LogP contribution in [-0.4, -0.2) is 28.1 Å². The molecule has 0 saturated carbocycles. The Bertz CT molecular complexity index is 419. The van der Waals surface area contributed by atoms with Gasteiger partial charge >= 0.3 is 0 Å². The lowest BCUT2D eigenvalue weighted by molar-refractivity contribution is -0.134. The zero-order chi connectivity index (χ0) is 12.3. The number of carbonyl (C=O) groups is 1. The third-order valence-corrected chi connectivity index (χ3v) is 3.85. The first kappa shape index (κ1) is 12.4. The number of thioether (sulfide) groups is 1. The van der Waals surface area contributed by atoms with Crippen LogP contribution in [0.4, 0.5) is 10.1 Å². The normalized spacial score (nSPS) is 18.7. The van der Waals surface area contributed by atoms with E-state index in [0.717, 1.165) is 11.5 Å². The molecule has 2 rings (SSSR count). The van der Waals surface area contributed by atoms with Crippen LogP contribution < -0.4 is 5.32 Å². The van der Waals surface area contributed by atoms with Gasteiger partial charge in [-0.05, 0) is 36.5 Å². The van der Waals surface area contributed by atoms with Crippen LogP contribution in [0.5, 0.6) is 0 Å². The molecule has 1 saturated heterocycles. The second-order valence-corrected chi connectivity index (χ2v) is 5.30. The molecule has 17 heavy (non-hydrogen) atoms. The second-order valence-electron chi connectivity index (χ2n) is 4.08. The second kappa shape index (κ2) is 5.06. The Kier molecular flexibility index (Phi) is 3.69. The van der Waals surface area contributed by atoms with Crippen molar-refractivity contribution in [3.63, 3.8) is 0 Å². The summed E-state index contributed by atoms with van der Waals surface area (Å²) in [5.41, 5.74) is -1.24. The van der Waals surface area contributed by atoms with Crippen LogP contribution in [0.15, 0.2) is 24.3 Å². The topological polar surface area (TPSA) is 49.3 Å². The van der Waals surface area contributed by atoms with Crippen LogP contribution in [0, 0.1) is 5.82 Å². The summed E-state index contributed by atoms with van der Waals surface area (Å²) in [5.74, 6) is 0.500. The Morgan fingerprint density at radius 1 is 1.35 bits per heavy atom. The van der Waals surface area contributed by atoms with Crippen LogP contribution in [0.3, 0.4) is 0 Å². The Morgan fingerprint density at radius 2 is 2.00 bits per heavy atom. The highest BCUT2D eigenvalue weighted by Crippen LogP contribution is 2.28. The fourth-order valence-corrected chi connectivity index (χ4v) is 2.91. The molecule has 1 heterocycles. The zero-order valence-corrected chi connectivity index (χ0v) is 10.1. The van der Waals surface area contributed by atoms with E-state index >= 15 is 0 Å². The van der Waals surface area contributed by atoms with Crippen molar-refractivity contribution in [2.75, 3.05) is 16.8 Å². The van der Waals surface area contributed by atoms with Crippen molar-refractivity contribution < 1.29 is 14.3 Å². The number of para-hydroxylation sites is 1. The molecule has 1 aliphatic heterocycles. The number of hydrogen-bond acceptors (Lipinski definition) is 3. The number of nitrogens with one attached hydrogen (secondary N) is 1. The van der Waals surface area contributed by atoms with Crippen LogP contribution in [0.25, 0.3) is 0 Å². The number of benzene rings is 1. The summed E-state index contributed by atoms with van der Waals surface area (Å²) >= 11 is 1.71. The van der Waals surface area contributed by atoms with Crippen molar-refractivity contribution >= 4 is 23.4 Å². The number of anilines is 1. The molecular formula is C12H14FNO2S. The molecule has 0 aliphatic carbocycles. The Balaban J connectivity index is 2.08. The highest BCUT2D eigenvalue weighted by molar-refractivity contribution is 7.99. The van der Waals surface area contributed by atoms with Gasteiger partial charge < -0.3 is 10.4 Å². The van der Waals surface area contributed by atoms with E-state index in [1.54, 1.807) is 23.9 Å². The summed E-state index contributed by atoms with van der Waals surface area (Å²) in [4.78, 5) is 11.9. The van der Waals surface area contributed by atoms with E-state index in [1.165, 1.54) is 12.1 Å². The first-order chi connectivity index (χ1) is 8.12. The summed E-state index contributed by atoms with van der Waals surface area (Å²) in [7, 11) is 0. The van der Waals surface area contributed by atoms with Gasteiger partial charge in [0.25, 0.3) is 5.91 Å². The standard InChI is InChI=1S/C12H14FNO2S/c13-9-3-1-2-4-10(9)14-11(15)12(16)5-7-17-8-6-12/h1-4,16H,5-8H2,(H,14,15). The molecule has 1 aromatic carbocycles. The molecule has 3 nitrogen and oxygen atoms in total. The molecule has 92 valence electrons. The van der Waals surface area contributed by atoms with Crippen LogP contribution in [0.2, 0.25) is 0 Å². The molecule has 1 aromatic rings. The molecule has 1 aliphatic rings. The van der Waals surface area contributed by atoms with Gasteiger partial charge in [-0.2, -0.15) is 11.8 Å². The fraction of sp³-hybridized carbons (Fsp3) is 0.417. The Hall–Kier alpha value is -1.07. The maximum Gasteiger partial charge on any atom is 0.256 e. The number of hydrogen-bond donors (Lipinski definition) is 2. The van der Waals surface area contributed by atoms with Crippen LogP contribution in [-0.2, 0) is 4.79 Å². The van der Waals surface area contributed by atoms with Crippen LogP contribution >= 0.6 is 11.8 Å². The van der Waals surface area contributed by atoms with Gasteiger partial charge in [0.1, 0.15) is 11.4 Å². The van der Waals surface area contributed by atoms with Gasteiger partial charge in [-0.25, -0.2) is 4.39 Å². The molecule has 0 radical (unpaired) electrons. The van der Waals surface area contributed by atoms with E-state index in [1.807, 2.05) is 0 Å². The SMILES string of the molecule is O=C(Nc1ccccc1F)C1(O)CCSCC1. The van der Waals surface area contributed by atoms with Gasteiger partial charge in [0.15, 0.2) is 0 Å². The van der Waals surface area contributed by atoms with Gasteiger partial charge in [0.05, 0.1) is 5.69 Å². The first-order valence-electron chi connectivity index (χ1n) is 5.48. The lowest BCUT2D eigenvalue weighted by atomic mass is 9.95. The predicted molar refractivity (Wildman–Crippen MR) is 66.5 cm³/mol. The third-order valence-electron chi connectivity index (χ3n) is 2.86. The quantitative estimate of drug-likeness (QED) is 0.850. The average molecular weight is 255 g/mol. The van der Waals surface area contributed by atoms with Gasteiger partial charge in [-0.1, -0.05) is 12.1 Å². The minimum absolute atomic E-state index is 0.115. The lowest BCUT2D eigenvalue weighted by Gasteiger charge is -2.30. The van der Waals surface area contributed by atoms with Crippen molar-refractivity contribution in [3.05, 3.63) is 30.1 Å². The van der Waals surface area contributed by atoms with Crippen LogP contribution in [0.1, 0.15) is 12.8 Å². The third kappa shape index (κ3) is 2.79. The fourth-order valence-electron chi connectivity index (χ4n) is 1.74. The molecule has 1 fully saturated rings. The average Bonchev–Trinajstić information content (AvgIpc) is 2.33. The summed E-state index contributed by atoms with van der Waals surface area (Å²) < 4.78 is 13.3. The van der Waals surface area contributed by atoms with E-state index in [0.29, 0.717) is 12.8 Å². The van der Waals surface area contributed by atoms with Crippen molar-refractivity contribution in [1.29, 1.82) is 0 Å². The predicted octanol–water partition coefficient (Wildman–Crippen LogP) is 2.02. The Labute approximate surface area is 103 Å². The highest BCUT2D eigenvalue weighted by atomic mass is 32.2. The van der Waals surface area contributed by atoms with E-state index in [-0.39, 0.29) is 5.69 Å². The number of amides is 1. The van der Waals surface area contributed by atoms with E-state index in [9.17, 15) is 14.3 Å². The summed E-state index contributed by atoms with van der Waals surface area (Å²) in [5, 5.41) is 12.6. The molecule has 1 amide bonds. The molecule has 0 spiro atoms. The Morgan fingerprint density at radius 3 is 2.65 bits per heavy atom. The smallest absolute Gasteiger partial charge is 0.256 e. The van der Waals surface area contributed by atoms with E-state index in [2.05, 4.69) is 5.32 Å². The number of rotatable bonds is 2. The van der Waals surface area contributed by atoms with E-state index < -0.39 is 17.3 Å². The molecule has 2 N–H and O–H groups in total. The van der Waals surface area contributed by atoms with Crippen molar-refractivity contribution in [1.82, 2.24) is 0 Å². The molecule has 0 aromatic heterocycles. The van der Waals surface area contributed by atoms with Crippen molar-refractivity contribution in [2.45, 2.75) is 18.4 Å².